The van der Waals surface area contributed by atoms with Crippen molar-refractivity contribution >= 4 is 33.1 Å². The first kappa shape index (κ1) is 22.8. The van der Waals surface area contributed by atoms with Gasteiger partial charge in [-0.2, -0.15) is 0 Å². The van der Waals surface area contributed by atoms with Gasteiger partial charge in [0, 0.05) is 16.9 Å². The molecule has 0 aliphatic carbocycles. The Morgan fingerprint density at radius 3 is 2.20 bits per heavy atom. The molecule has 0 atom stereocenters. The van der Waals surface area contributed by atoms with Crippen LogP contribution in [0.15, 0.2) is 102 Å². The SMILES string of the molecule is CC(C)(C(=O)Nc1nc(-c2cccc3cc(O)ccc23)cs1)C(c1ccccc1)c1ccccc1. The summed E-state index contributed by atoms with van der Waals surface area (Å²) in [4.78, 5) is 18.4. The summed E-state index contributed by atoms with van der Waals surface area (Å²) >= 11 is 1.41. The highest BCUT2D eigenvalue weighted by Gasteiger charge is 2.39. The molecule has 0 bridgehead atoms. The molecule has 1 heterocycles. The number of phenolic OH excluding ortho intramolecular Hbond substituents is 1. The Kier molecular flexibility index (Phi) is 6.10. The van der Waals surface area contributed by atoms with Crippen LogP contribution in [0.25, 0.3) is 22.0 Å². The number of nitrogens with one attached hydrogen (secondary N) is 1. The van der Waals surface area contributed by atoms with Crippen LogP contribution in [0.2, 0.25) is 0 Å². The molecule has 0 aliphatic heterocycles. The number of anilines is 1. The minimum atomic E-state index is -0.731. The second kappa shape index (κ2) is 9.35. The van der Waals surface area contributed by atoms with Crippen molar-refractivity contribution in [2.24, 2.45) is 5.41 Å². The Morgan fingerprint density at radius 1 is 0.886 bits per heavy atom. The Morgan fingerprint density at radius 2 is 1.54 bits per heavy atom. The molecule has 2 N–H and O–H groups in total. The number of phenols is 1. The van der Waals surface area contributed by atoms with Crippen LogP contribution in [0.5, 0.6) is 5.75 Å². The zero-order chi connectivity index (χ0) is 24.4. The molecule has 1 aromatic heterocycles. The van der Waals surface area contributed by atoms with E-state index in [0.717, 1.165) is 33.2 Å². The topological polar surface area (TPSA) is 62.2 Å². The van der Waals surface area contributed by atoms with Gasteiger partial charge in [-0.3, -0.25) is 4.79 Å². The number of amides is 1. The van der Waals surface area contributed by atoms with Crippen LogP contribution >= 0.6 is 11.3 Å². The molecule has 0 radical (unpaired) electrons. The maximum absolute atomic E-state index is 13.6. The van der Waals surface area contributed by atoms with Crippen molar-refractivity contribution in [3.8, 4) is 17.0 Å². The van der Waals surface area contributed by atoms with E-state index in [1.54, 1.807) is 12.1 Å². The van der Waals surface area contributed by atoms with Gasteiger partial charge in [-0.1, -0.05) is 98.8 Å². The fraction of sp³-hybridized carbons (Fsp3) is 0.133. The number of nitrogens with zero attached hydrogens (tertiary/aromatic N) is 1. The van der Waals surface area contributed by atoms with Gasteiger partial charge in [0.05, 0.1) is 11.1 Å². The van der Waals surface area contributed by atoms with E-state index in [1.165, 1.54) is 11.3 Å². The molecule has 0 saturated carbocycles. The monoisotopic (exact) mass is 478 g/mol. The van der Waals surface area contributed by atoms with Gasteiger partial charge in [-0.15, -0.1) is 11.3 Å². The number of carbonyl (C=O) groups excluding carboxylic acids is 1. The van der Waals surface area contributed by atoms with Gasteiger partial charge in [0.2, 0.25) is 5.91 Å². The number of rotatable bonds is 6. The van der Waals surface area contributed by atoms with Crippen LogP contribution in [-0.2, 0) is 4.79 Å². The minimum absolute atomic E-state index is 0.0843. The molecular formula is C30H26N2O2S. The van der Waals surface area contributed by atoms with Crippen molar-refractivity contribution in [2.45, 2.75) is 19.8 Å². The van der Waals surface area contributed by atoms with Gasteiger partial charge < -0.3 is 10.4 Å². The van der Waals surface area contributed by atoms with Gasteiger partial charge >= 0.3 is 0 Å². The molecule has 35 heavy (non-hydrogen) atoms. The van der Waals surface area contributed by atoms with Crippen LogP contribution < -0.4 is 5.32 Å². The fourth-order valence-corrected chi connectivity index (χ4v) is 5.36. The Labute approximate surface area is 208 Å². The third-order valence-electron chi connectivity index (χ3n) is 6.44. The summed E-state index contributed by atoms with van der Waals surface area (Å²) in [7, 11) is 0. The average molecular weight is 479 g/mol. The molecule has 4 aromatic carbocycles. The van der Waals surface area contributed by atoms with Gasteiger partial charge in [-0.05, 0) is 34.0 Å². The van der Waals surface area contributed by atoms with Crippen molar-refractivity contribution in [2.75, 3.05) is 5.32 Å². The molecule has 5 aromatic rings. The average Bonchev–Trinajstić information content (AvgIpc) is 3.33. The smallest absolute Gasteiger partial charge is 0.232 e. The first-order valence-corrected chi connectivity index (χ1v) is 12.4. The maximum Gasteiger partial charge on any atom is 0.232 e. The molecule has 5 heteroatoms. The van der Waals surface area contributed by atoms with E-state index in [0.29, 0.717) is 5.13 Å². The van der Waals surface area contributed by atoms with Crippen LogP contribution in [-0.4, -0.2) is 16.0 Å². The lowest BCUT2D eigenvalue weighted by Gasteiger charge is -2.33. The number of benzene rings is 4. The number of hydrogen-bond donors (Lipinski definition) is 2. The quantitative estimate of drug-likeness (QED) is 0.266. The first-order valence-electron chi connectivity index (χ1n) is 11.5. The summed E-state index contributed by atoms with van der Waals surface area (Å²) in [5.41, 5.74) is 3.22. The highest BCUT2D eigenvalue weighted by atomic mass is 32.1. The van der Waals surface area contributed by atoms with Crippen LogP contribution in [0.3, 0.4) is 0 Å². The predicted octanol–water partition coefficient (Wildman–Crippen LogP) is 7.47. The Bertz CT molecular complexity index is 1440. The van der Waals surface area contributed by atoms with Gasteiger partial charge in [-0.25, -0.2) is 4.98 Å². The minimum Gasteiger partial charge on any atom is -0.508 e. The van der Waals surface area contributed by atoms with E-state index >= 15 is 0 Å². The molecule has 174 valence electrons. The van der Waals surface area contributed by atoms with Crippen molar-refractivity contribution < 1.29 is 9.90 Å². The highest BCUT2D eigenvalue weighted by Crippen LogP contribution is 2.42. The van der Waals surface area contributed by atoms with E-state index in [9.17, 15) is 9.90 Å². The van der Waals surface area contributed by atoms with Crippen molar-refractivity contribution in [3.05, 3.63) is 114 Å². The van der Waals surface area contributed by atoms with Crippen LogP contribution in [0.1, 0.15) is 30.9 Å². The standard InChI is InChI=1S/C30H26N2O2S/c1-30(2,27(20-10-5-3-6-11-20)21-12-7-4-8-13-21)28(34)32-29-31-26(19-35-29)25-15-9-14-22-18-23(33)16-17-24(22)25/h3-19,27,33H,1-2H3,(H,31,32,34). The lowest BCUT2D eigenvalue weighted by Crippen LogP contribution is -2.37. The second-order valence-corrected chi connectivity index (χ2v) is 10.0. The number of aromatic hydroxyl groups is 1. The Hall–Kier alpha value is -3.96. The summed E-state index contributed by atoms with van der Waals surface area (Å²) in [5, 5.41) is 17.4. The van der Waals surface area contributed by atoms with E-state index in [4.69, 9.17) is 4.98 Å². The number of hydrogen-bond acceptors (Lipinski definition) is 4. The van der Waals surface area contributed by atoms with Gasteiger partial charge in [0.15, 0.2) is 5.13 Å². The van der Waals surface area contributed by atoms with Crippen molar-refractivity contribution in [1.29, 1.82) is 0 Å². The van der Waals surface area contributed by atoms with E-state index in [1.807, 2.05) is 79.9 Å². The number of carbonyl (C=O) groups is 1. The number of fused-ring (bicyclic) bond motifs is 1. The highest BCUT2D eigenvalue weighted by molar-refractivity contribution is 7.14. The molecule has 5 rings (SSSR count). The first-order chi connectivity index (χ1) is 16.9. The second-order valence-electron chi connectivity index (χ2n) is 9.18. The number of thiazole rings is 1. The normalized spacial score (nSPS) is 11.6. The summed E-state index contributed by atoms with van der Waals surface area (Å²) < 4.78 is 0. The predicted molar refractivity (Wildman–Crippen MR) is 144 cm³/mol. The molecule has 0 spiro atoms. The van der Waals surface area contributed by atoms with Crippen molar-refractivity contribution in [1.82, 2.24) is 4.98 Å². The molecular weight excluding hydrogens is 452 g/mol. The lowest BCUT2D eigenvalue weighted by atomic mass is 9.70. The maximum atomic E-state index is 13.6. The third-order valence-corrected chi connectivity index (χ3v) is 7.20. The van der Waals surface area contributed by atoms with Gasteiger partial charge in [0.25, 0.3) is 0 Å². The molecule has 1 amide bonds. The summed E-state index contributed by atoms with van der Waals surface area (Å²) in [6, 6.07) is 31.5. The largest absolute Gasteiger partial charge is 0.508 e. The molecule has 0 fully saturated rings. The van der Waals surface area contributed by atoms with Crippen LogP contribution in [0, 0.1) is 5.41 Å². The Balaban J connectivity index is 1.45. The summed E-state index contributed by atoms with van der Waals surface area (Å²) in [5.74, 6) is 0.0310. The number of aromatic nitrogens is 1. The van der Waals surface area contributed by atoms with E-state index < -0.39 is 5.41 Å². The third kappa shape index (κ3) is 4.55. The van der Waals surface area contributed by atoms with Gasteiger partial charge in [0.1, 0.15) is 5.75 Å². The van der Waals surface area contributed by atoms with E-state index in [-0.39, 0.29) is 17.6 Å². The lowest BCUT2D eigenvalue weighted by molar-refractivity contribution is -0.124. The zero-order valence-corrected chi connectivity index (χ0v) is 20.4. The molecule has 0 unspecified atom stereocenters. The summed E-state index contributed by atoms with van der Waals surface area (Å²) in [6.07, 6.45) is 0. The fourth-order valence-electron chi connectivity index (χ4n) is 4.66. The summed E-state index contributed by atoms with van der Waals surface area (Å²) in [6.45, 7) is 3.97. The van der Waals surface area contributed by atoms with E-state index in [2.05, 4.69) is 29.6 Å². The van der Waals surface area contributed by atoms with Crippen molar-refractivity contribution in [3.63, 3.8) is 0 Å². The zero-order valence-electron chi connectivity index (χ0n) is 19.6. The molecule has 0 saturated heterocycles. The molecule has 4 nitrogen and oxygen atoms in total. The molecule has 0 aliphatic rings. The van der Waals surface area contributed by atoms with Crippen LogP contribution in [0.4, 0.5) is 5.13 Å².